The molecule has 0 saturated carbocycles. The molecule has 2 fully saturated rings. The van der Waals surface area contributed by atoms with Gasteiger partial charge in [0.05, 0.1) is 30.7 Å². The maximum atomic E-state index is 12.4. The third kappa shape index (κ3) is 3.03. The van der Waals surface area contributed by atoms with Crippen molar-refractivity contribution in [3.05, 3.63) is 35.9 Å². The zero-order chi connectivity index (χ0) is 16.4. The van der Waals surface area contributed by atoms with Gasteiger partial charge in [0.2, 0.25) is 0 Å². The van der Waals surface area contributed by atoms with Gasteiger partial charge in [-0.25, -0.2) is 4.79 Å². The fraction of sp³-hybridized carbons (Fsp3) is 0.529. The lowest BCUT2D eigenvalue weighted by molar-refractivity contribution is -0.149. The topological polar surface area (TPSA) is 76.1 Å². The third-order valence-electron chi connectivity index (χ3n) is 4.61. The van der Waals surface area contributed by atoms with Gasteiger partial charge in [-0.05, 0) is 25.3 Å². The molecule has 1 N–H and O–H groups in total. The molecule has 2 bridgehead atoms. The number of fused-ring (bicyclic) bond motifs is 2. The summed E-state index contributed by atoms with van der Waals surface area (Å²) in [5.74, 6) is -0.666. The van der Waals surface area contributed by atoms with Gasteiger partial charge in [-0.15, -0.1) is 0 Å². The maximum Gasteiger partial charge on any atom is 0.410 e. The Hall–Kier alpha value is -2.08. The van der Waals surface area contributed by atoms with Crippen molar-refractivity contribution in [3.63, 3.8) is 0 Å². The number of carbonyl (C=O) groups excluding carboxylic acids is 2. The molecule has 0 aromatic heterocycles. The number of aliphatic hydroxyl groups is 1. The molecule has 6 heteroatoms. The summed E-state index contributed by atoms with van der Waals surface area (Å²) in [6.07, 6.45) is -0.248. The van der Waals surface area contributed by atoms with Crippen LogP contribution in [-0.4, -0.2) is 46.9 Å². The third-order valence-corrected chi connectivity index (χ3v) is 4.61. The van der Waals surface area contributed by atoms with Crippen LogP contribution in [0.4, 0.5) is 4.79 Å². The lowest BCUT2D eigenvalue weighted by atomic mass is 9.87. The second-order valence-corrected chi connectivity index (χ2v) is 5.98. The van der Waals surface area contributed by atoms with Crippen LogP contribution in [0.5, 0.6) is 0 Å². The van der Waals surface area contributed by atoms with E-state index in [1.54, 1.807) is 6.92 Å². The highest BCUT2D eigenvalue weighted by Gasteiger charge is 2.56. The Morgan fingerprint density at radius 3 is 2.61 bits per heavy atom. The smallest absolute Gasteiger partial charge is 0.410 e. The summed E-state index contributed by atoms with van der Waals surface area (Å²) in [5.41, 5.74) is 0.898. The second-order valence-electron chi connectivity index (χ2n) is 5.98. The first kappa shape index (κ1) is 15.8. The van der Waals surface area contributed by atoms with Gasteiger partial charge in [0.25, 0.3) is 0 Å². The first-order valence-corrected chi connectivity index (χ1v) is 7.95. The Kier molecular flexibility index (Phi) is 4.52. The molecule has 23 heavy (non-hydrogen) atoms. The average Bonchev–Trinajstić information content (AvgIpc) is 3.08. The minimum absolute atomic E-state index is 0.176. The number of ether oxygens (including phenoxy) is 2. The van der Waals surface area contributed by atoms with Crippen molar-refractivity contribution in [1.29, 1.82) is 0 Å². The van der Waals surface area contributed by atoms with E-state index in [-0.39, 0.29) is 30.6 Å². The first-order valence-electron chi connectivity index (χ1n) is 7.95. The Morgan fingerprint density at radius 2 is 1.91 bits per heavy atom. The van der Waals surface area contributed by atoms with Crippen molar-refractivity contribution in [1.82, 2.24) is 4.90 Å². The molecule has 1 aromatic carbocycles. The largest absolute Gasteiger partial charge is 0.466 e. The molecule has 3 unspecified atom stereocenters. The quantitative estimate of drug-likeness (QED) is 0.855. The zero-order valence-corrected chi connectivity index (χ0v) is 13.1. The lowest BCUT2D eigenvalue weighted by Crippen LogP contribution is -2.39. The molecule has 124 valence electrons. The number of hydrogen-bond acceptors (Lipinski definition) is 5. The maximum absolute atomic E-state index is 12.4. The zero-order valence-electron chi connectivity index (χ0n) is 13.1. The molecule has 0 aliphatic carbocycles. The Balaban J connectivity index is 1.65. The number of aliphatic hydroxyl groups excluding tert-OH is 1. The fourth-order valence-corrected chi connectivity index (χ4v) is 3.56. The summed E-state index contributed by atoms with van der Waals surface area (Å²) in [4.78, 5) is 25.9. The molecular weight excluding hydrogens is 298 g/mol. The highest BCUT2D eigenvalue weighted by molar-refractivity contribution is 5.77. The Bertz CT molecular complexity index is 576. The van der Waals surface area contributed by atoms with Crippen molar-refractivity contribution in [2.75, 3.05) is 6.61 Å². The van der Waals surface area contributed by atoms with E-state index in [0.717, 1.165) is 5.56 Å². The number of benzene rings is 1. The van der Waals surface area contributed by atoms with Gasteiger partial charge in [-0.3, -0.25) is 9.69 Å². The van der Waals surface area contributed by atoms with E-state index >= 15 is 0 Å². The number of esters is 1. The predicted octanol–water partition coefficient (Wildman–Crippen LogP) is 1.71. The molecule has 4 atom stereocenters. The van der Waals surface area contributed by atoms with Crippen LogP contribution < -0.4 is 0 Å². The minimum Gasteiger partial charge on any atom is -0.466 e. The van der Waals surface area contributed by atoms with E-state index < -0.39 is 12.2 Å². The van der Waals surface area contributed by atoms with Crippen LogP contribution in [0.25, 0.3) is 0 Å². The highest BCUT2D eigenvalue weighted by atomic mass is 16.6. The van der Waals surface area contributed by atoms with Crippen LogP contribution >= 0.6 is 0 Å². The predicted molar refractivity (Wildman–Crippen MR) is 81.4 cm³/mol. The molecule has 1 amide bonds. The van der Waals surface area contributed by atoms with Crippen molar-refractivity contribution in [2.24, 2.45) is 5.92 Å². The molecule has 6 nitrogen and oxygen atoms in total. The number of hydrogen-bond donors (Lipinski definition) is 1. The molecular formula is C17H21NO5. The average molecular weight is 319 g/mol. The van der Waals surface area contributed by atoms with Crippen molar-refractivity contribution < 1.29 is 24.2 Å². The van der Waals surface area contributed by atoms with E-state index in [0.29, 0.717) is 19.4 Å². The van der Waals surface area contributed by atoms with Gasteiger partial charge in [0, 0.05) is 0 Å². The number of amides is 1. The standard InChI is InChI=1S/C17H21NO5/c1-2-22-16(20)12-8-14-15(19)9-13(12)18(14)17(21)23-10-11-6-4-3-5-7-11/h3-7,12-15,19H,2,8-10H2,1H3/t12-,13?,14?,15?/m1/s1. The van der Waals surface area contributed by atoms with Crippen molar-refractivity contribution >= 4 is 12.1 Å². The van der Waals surface area contributed by atoms with Gasteiger partial charge < -0.3 is 14.6 Å². The van der Waals surface area contributed by atoms with Crippen LogP contribution in [0.15, 0.2) is 30.3 Å². The first-order chi connectivity index (χ1) is 11.1. The minimum atomic E-state index is -0.602. The molecule has 0 spiro atoms. The SMILES string of the molecule is CCOC(=O)[C@@H]1CC2C(O)CC1N2C(=O)OCc1ccccc1. The van der Waals surface area contributed by atoms with Gasteiger partial charge in [-0.1, -0.05) is 30.3 Å². The van der Waals surface area contributed by atoms with E-state index in [4.69, 9.17) is 9.47 Å². The summed E-state index contributed by atoms with van der Waals surface area (Å²) in [6, 6.07) is 8.71. The Labute approximate surface area is 135 Å². The van der Waals surface area contributed by atoms with Gasteiger partial charge in [-0.2, -0.15) is 0 Å². The van der Waals surface area contributed by atoms with Crippen LogP contribution in [0.1, 0.15) is 25.3 Å². The molecule has 3 rings (SSSR count). The molecule has 2 heterocycles. The van der Waals surface area contributed by atoms with E-state index in [1.165, 1.54) is 4.90 Å². The molecule has 0 radical (unpaired) electrons. The number of rotatable bonds is 4. The molecule has 1 aromatic rings. The molecule has 2 aliphatic heterocycles. The van der Waals surface area contributed by atoms with Gasteiger partial charge >= 0.3 is 12.1 Å². The van der Waals surface area contributed by atoms with E-state index in [2.05, 4.69) is 0 Å². The van der Waals surface area contributed by atoms with Crippen LogP contribution in [0.3, 0.4) is 0 Å². The van der Waals surface area contributed by atoms with E-state index in [1.807, 2.05) is 30.3 Å². The Morgan fingerprint density at radius 1 is 1.17 bits per heavy atom. The van der Waals surface area contributed by atoms with Crippen molar-refractivity contribution in [2.45, 2.75) is 44.6 Å². The van der Waals surface area contributed by atoms with Crippen LogP contribution in [0.2, 0.25) is 0 Å². The van der Waals surface area contributed by atoms with Gasteiger partial charge in [0.15, 0.2) is 0 Å². The number of nitrogens with zero attached hydrogens (tertiary/aromatic N) is 1. The molecule has 2 aliphatic rings. The van der Waals surface area contributed by atoms with Crippen LogP contribution in [0, 0.1) is 5.92 Å². The second kappa shape index (κ2) is 6.58. The molecule has 2 saturated heterocycles. The van der Waals surface area contributed by atoms with E-state index in [9.17, 15) is 14.7 Å². The van der Waals surface area contributed by atoms with Crippen LogP contribution in [-0.2, 0) is 20.9 Å². The lowest BCUT2D eigenvalue weighted by Gasteiger charge is -2.22. The summed E-state index contributed by atoms with van der Waals surface area (Å²) in [7, 11) is 0. The highest BCUT2D eigenvalue weighted by Crippen LogP contribution is 2.42. The van der Waals surface area contributed by atoms with Crippen molar-refractivity contribution in [3.8, 4) is 0 Å². The normalized spacial score (nSPS) is 28.7. The van der Waals surface area contributed by atoms with Gasteiger partial charge in [0.1, 0.15) is 6.61 Å². The summed E-state index contributed by atoms with van der Waals surface area (Å²) in [6.45, 7) is 2.25. The summed E-state index contributed by atoms with van der Waals surface area (Å²) < 4.78 is 10.4. The summed E-state index contributed by atoms with van der Waals surface area (Å²) >= 11 is 0. The monoisotopic (exact) mass is 319 g/mol. The fourth-order valence-electron chi connectivity index (χ4n) is 3.56. The number of carbonyl (C=O) groups is 2. The summed E-state index contributed by atoms with van der Waals surface area (Å²) in [5, 5.41) is 10.1.